The van der Waals surface area contributed by atoms with Crippen LogP contribution in [0.4, 0.5) is 0 Å². The molecule has 0 aromatic heterocycles. The zero-order chi connectivity index (χ0) is 14.6. The van der Waals surface area contributed by atoms with E-state index in [1.54, 1.807) is 0 Å². The fourth-order valence-electron chi connectivity index (χ4n) is 2.84. The van der Waals surface area contributed by atoms with Crippen molar-refractivity contribution in [1.29, 1.82) is 0 Å². The molecule has 1 aliphatic carbocycles. The molecule has 6 nitrogen and oxygen atoms in total. The molecule has 1 saturated carbocycles. The second-order valence-electron chi connectivity index (χ2n) is 5.87. The van der Waals surface area contributed by atoms with Gasteiger partial charge in [0, 0.05) is 12.6 Å². The van der Waals surface area contributed by atoms with Crippen LogP contribution in [0.25, 0.3) is 0 Å². The van der Waals surface area contributed by atoms with Crippen LogP contribution in [0.5, 0.6) is 0 Å². The van der Waals surface area contributed by atoms with E-state index >= 15 is 0 Å². The Bertz CT molecular complexity index is 461. The van der Waals surface area contributed by atoms with E-state index in [1.165, 1.54) is 0 Å². The summed E-state index contributed by atoms with van der Waals surface area (Å²) in [4.78, 5) is 4.43. The van der Waals surface area contributed by atoms with Gasteiger partial charge >= 0.3 is 0 Å². The van der Waals surface area contributed by atoms with Crippen molar-refractivity contribution < 1.29 is 13.5 Å². The van der Waals surface area contributed by atoms with Crippen molar-refractivity contribution in [3.05, 3.63) is 0 Å². The Kier molecular flexibility index (Phi) is 7.18. The highest BCUT2D eigenvalue weighted by Crippen LogP contribution is 2.29. The summed E-state index contributed by atoms with van der Waals surface area (Å²) in [5, 5.41) is 16.6. The molecule has 0 radical (unpaired) electrons. The molecule has 1 saturated heterocycles. The molecule has 2 rings (SSSR count). The fourth-order valence-corrected chi connectivity index (χ4v) is 4.51. The molecule has 0 spiro atoms. The Morgan fingerprint density at radius 2 is 2.05 bits per heavy atom. The third kappa shape index (κ3) is 5.90. The molecule has 8 heteroatoms. The van der Waals surface area contributed by atoms with E-state index in [1.807, 2.05) is 6.92 Å². The molecular weight excluding hydrogens is 405 g/mol. The SMILES string of the molecule is CCNC(=NCC1(O)CCCC1)NC1CCS(=O)(=O)C1.I. The summed E-state index contributed by atoms with van der Waals surface area (Å²) in [7, 11) is -2.89. The molecule has 21 heavy (non-hydrogen) atoms. The van der Waals surface area contributed by atoms with E-state index in [9.17, 15) is 13.5 Å². The van der Waals surface area contributed by atoms with E-state index in [0.29, 0.717) is 25.5 Å². The van der Waals surface area contributed by atoms with Crippen LogP contribution in [0.15, 0.2) is 4.99 Å². The molecule has 0 amide bonds. The molecule has 0 bridgehead atoms. The molecule has 0 aromatic rings. The van der Waals surface area contributed by atoms with Crippen LogP contribution in [0, 0.1) is 0 Å². The highest BCUT2D eigenvalue weighted by Gasteiger charge is 2.31. The molecule has 124 valence electrons. The summed E-state index contributed by atoms with van der Waals surface area (Å²) in [5.41, 5.74) is -0.676. The zero-order valence-corrected chi connectivity index (χ0v) is 15.6. The lowest BCUT2D eigenvalue weighted by Gasteiger charge is -2.21. The molecule has 2 fully saturated rings. The smallest absolute Gasteiger partial charge is 0.191 e. The second-order valence-corrected chi connectivity index (χ2v) is 8.10. The number of rotatable bonds is 4. The highest BCUT2D eigenvalue weighted by molar-refractivity contribution is 14.0. The van der Waals surface area contributed by atoms with Crippen molar-refractivity contribution in [2.45, 2.75) is 50.7 Å². The van der Waals surface area contributed by atoms with Gasteiger partial charge in [0.05, 0.1) is 23.7 Å². The number of halogens is 1. The summed E-state index contributed by atoms with van der Waals surface area (Å²) < 4.78 is 22.9. The first-order valence-electron chi connectivity index (χ1n) is 7.40. The number of hydrogen-bond acceptors (Lipinski definition) is 4. The van der Waals surface area contributed by atoms with Crippen LogP contribution in [0.1, 0.15) is 39.0 Å². The minimum Gasteiger partial charge on any atom is -0.388 e. The van der Waals surface area contributed by atoms with Crippen molar-refractivity contribution >= 4 is 39.8 Å². The summed E-state index contributed by atoms with van der Waals surface area (Å²) in [6, 6.07) is -0.0731. The lowest BCUT2D eigenvalue weighted by atomic mass is 10.0. The van der Waals surface area contributed by atoms with Crippen LogP contribution in [0.3, 0.4) is 0 Å². The van der Waals surface area contributed by atoms with Gasteiger partial charge in [0.25, 0.3) is 0 Å². The van der Waals surface area contributed by atoms with Gasteiger partial charge in [-0.3, -0.25) is 4.99 Å². The van der Waals surface area contributed by atoms with Crippen LogP contribution in [-0.2, 0) is 9.84 Å². The quantitative estimate of drug-likeness (QED) is 0.346. The Labute approximate surface area is 144 Å². The molecule has 1 aliphatic heterocycles. The van der Waals surface area contributed by atoms with Crippen molar-refractivity contribution in [2.24, 2.45) is 4.99 Å². The largest absolute Gasteiger partial charge is 0.388 e. The maximum atomic E-state index is 11.5. The van der Waals surface area contributed by atoms with Gasteiger partial charge < -0.3 is 15.7 Å². The topological polar surface area (TPSA) is 90.8 Å². The van der Waals surface area contributed by atoms with E-state index in [2.05, 4.69) is 15.6 Å². The van der Waals surface area contributed by atoms with E-state index in [4.69, 9.17) is 0 Å². The van der Waals surface area contributed by atoms with E-state index in [0.717, 1.165) is 25.7 Å². The first-order chi connectivity index (χ1) is 9.42. The van der Waals surface area contributed by atoms with Gasteiger partial charge in [-0.1, -0.05) is 12.8 Å². The van der Waals surface area contributed by atoms with Crippen molar-refractivity contribution in [2.75, 3.05) is 24.6 Å². The summed E-state index contributed by atoms with van der Waals surface area (Å²) in [5.74, 6) is 1.02. The van der Waals surface area contributed by atoms with Crippen molar-refractivity contribution in [1.82, 2.24) is 10.6 Å². The summed E-state index contributed by atoms with van der Waals surface area (Å²) >= 11 is 0. The summed E-state index contributed by atoms with van der Waals surface area (Å²) in [6.07, 6.45) is 4.33. The number of nitrogens with one attached hydrogen (secondary N) is 2. The number of sulfone groups is 1. The third-order valence-corrected chi connectivity index (χ3v) is 5.75. The molecule has 3 N–H and O–H groups in total. The number of nitrogens with zero attached hydrogens (tertiary/aromatic N) is 1. The first-order valence-corrected chi connectivity index (χ1v) is 9.22. The van der Waals surface area contributed by atoms with E-state index in [-0.39, 0.29) is 41.5 Å². The fraction of sp³-hybridized carbons (Fsp3) is 0.923. The predicted molar refractivity (Wildman–Crippen MR) is 95.0 cm³/mol. The Morgan fingerprint density at radius 3 is 2.57 bits per heavy atom. The van der Waals surface area contributed by atoms with Crippen LogP contribution in [-0.4, -0.2) is 55.7 Å². The molecule has 1 atom stereocenters. The van der Waals surface area contributed by atoms with Gasteiger partial charge in [-0.05, 0) is 26.2 Å². The highest BCUT2D eigenvalue weighted by atomic mass is 127. The minimum atomic E-state index is -2.89. The molecular formula is C13H26IN3O3S. The number of aliphatic imine (C=N–C) groups is 1. The molecule has 1 unspecified atom stereocenters. The maximum absolute atomic E-state index is 11.5. The van der Waals surface area contributed by atoms with Crippen LogP contribution < -0.4 is 10.6 Å². The summed E-state index contributed by atoms with van der Waals surface area (Å²) in [6.45, 7) is 3.05. The third-order valence-electron chi connectivity index (χ3n) is 3.98. The van der Waals surface area contributed by atoms with Gasteiger partial charge in [0.15, 0.2) is 15.8 Å². The maximum Gasteiger partial charge on any atom is 0.191 e. The predicted octanol–water partition coefficient (Wildman–Crippen LogP) is 0.652. The van der Waals surface area contributed by atoms with Crippen molar-refractivity contribution in [3.63, 3.8) is 0 Å². The van der Waals surface area contributed by atoms with E-state index < -0.39 is 15.4 Å². The monoisotopic (exact) mass is 431 g/mol. The lowest BCUT2D eigenvalue weighted by molar-refractivity contribution is 0.0574. The zero-order valence-electron chi connectivity index (χ0n) is 12.5. The van der Waals surface area contributed by atoms with Gasteiger partial charge in [-0.2, -0.15) is 0 Å². The Hall–Kier alpha value is -0.0900. The normalized spacial score (nSPS) is 27.1. The second kappa shape index (κ2) is 7.96. The number of aliphatic hydroxyl groups is 1. The average Bonchev–Trinajstić information content (AvgIpc) is 2.94. The average molecular weight is 431 g/mol. The van der Waals surface area contributed by atoms with Gasteiger partial charge in [0.1, 0.15) is 0 Å². The van der Waals surface area contributed by atoms with Crippen LogP contribution in [0.2, 0.25) is 0 Å². The Morgan fingerprint density at radius 1 is 1.38 bits per heavy atom. The Balaban J connectivity index is 0.00000220. The number of hydrogen-bond donors (Lipinski definition) is 3. The van der Waals surface area contributed by atoms with Gasteiger partial charge in [-0.25, -0.2) is 8.42 Å². The minimum absolute atomic E-state index is 0. The standard InChI is InChI=1S/C13H25N3O3S.HI/c1-2-14-12(15-10-13(17)6-3-4-7-13)16-11-5-8-20(18,19)9-11;/h11,17H,2-10H2,1H3,(H2,14,15,16);1H. The van der Waals surface area contributed by atoms with Crippen LogP contribution >= 0.6 is 24.0 Å². The van der Waals surface area contributed by atoms with Gasteiger partial charge in [0.2, 0.25) is 0 Å². The molecule has 0 aromatic carbocycles. The first kappa shape index (κ1) is 19.0. The number of guanidine groups is 1. The lowest BCUT2D eigenvalue weighted by Crippen LogP contribution is -2.45. The molecule has 1 heterocycles. The van der Waals surface area contributed by atoms with Gasteiger partial charge in [-0.15, -0.1) is 24.0 Å². The van der Waals surface area contributed by atoms with Crippen molar-refractivity contribution in [3.8, 4) is 0 Å². The molecule has 2 aliphatic rings.